The Bertz CT molecular complexity index is 3550. The monoisotopic (exact) mass is 783 g/mol. The molecule has 0 bridgehead atoms. The zero-order chi connectivity index (χ0) is 39.6. The lowest BCUT2D eigenvalue weighted by molar-refractivity contribution is 0.669. The van der Waals surface area contributed by atoms with Crippen molar-refractivity contribution in [3.05, 3.63) is 200 Å². The number of benzene rings is 9. The van der Waals surface area contributed by atoms with Gasteiger partial charge in [-0.3, -0.25) is 0 Å². The topological polar surface area (TPSA) is 51.8 Å². The third kappa shape index (κ3) is 5.78. The fourth-order valence-corrected chi connectivity index (χ4v) is 9.93. The summed E-state index contributed by atoms with van der Waals surface area (Å²) in [6.45, 7) is 0. The highest BCUT2D eigenvalue weighted by molar-refractivity contribution is 7.26. The Labute approximate surface area is 349 Å². The molecule has 4 nitrogen and oxygen atoms in total. The molecule has 0 aliphatic rings. The van der Waals surface area contributed by atoms with E-state index in [1.54, 1.807) is 0 Å². The second-order valence-corrected chi connectivity index (χ2v) is 16.2. The minimum atomic E-state index is 0.583. The van der Waals surface area contributed by atoms with Crippen LogP contribution in [0.15, 0.2) is 205 Å². The lowest BCUT2D eigenvalue weighted by Crippen LogP contribution is -2.02. The van der Waals surface area contributed by atoms with Crippen molar-refractivity contribution in [3.8, 4) is 67.5 Å². The Morgan fingerprint density at radius 2 is 0.867 bits per heavy atom. The third-order valence-corrected chi connectivity index (χ3v) is 12.7. The van der Waals surface area contributed by atoms with Crippen LogP contribution in [0.3, 0.4) is 0 Å². The van der Waals surface area contributed by atoms with Crippen LogP contribution in [0.5, 0.6) is 0 Å². The number of hydrogen-bond acceptors (Lipinski definition) is 5. The maximum Gasteiger partial charge on any atom is 0.164 e. The van der Waals surface area contributed by atoms with Crippen molar-refractivity contribution in [1.82, 2.24) is 15.0 Å². The summed E-state index contributed by atoms with van der Waals surface area (Å²) in [6.07, 6.45) is 0. The molecule has 5 heteroatoms. The van der Waals surface area contributed by atoms with Gasteiger partial charge in [0.05, 0.1) is 0 Å². The van der Waals surface area contributed by atoms with Gasteiger partial charge in [0.25, 0.3) is 0 Å². The van der Waals surface area contributed by atoms with Gasteiger partial charge in [0.15, 0.2) is 17.5 Å². The van der Waals surface area contributed by atoms with E-state index in [9.17, 15) is 0 Å². The van der Waals surface area contributed by atoms with Crippen molar-refractivity contribution in [2.45, 2.75) is 0 Å². The van der Waals surface area contributed by atoms with Gasteiger partial charge in [-0.15, -0.1) is 11.3 Å². The number of fused-ring (bicyclic) bond motifs is 7. The average Bonchev–Trinajstić information content (AvgIpc) is 3.89. The molecular weight excluding hydrogens is 751 g/mol. The molecule has 9 aromatic carbocycles. The molecule has 0 atom stereocenters. The Morgan fingerprint density at radius 3 is 1.63 bits per heavy atom. The second-order valence-electron chi connectivity index (χ2n) is 15.1. The van der Waals surface area contributed by atoms with Crippen molar-refractivity contribution in [2.75, 3.05) is 0 Å². The van der Waals surface area contributed by atoms with Crippen molar-refractivity contribution >= 4 is 64.2 Å². The first kappa shape index (κ1) is 34.3. The summed E-state index contributed by atoms with van der Waals surface area (Å²) in [5.74, 6) is 1.78. The summed E-state index contributed by atoms with van der Waals surface area (Å²) in [5.41, 5.74) is 11.0. The van der Waals surface area contributed by atoms with E-state index in [4.69, 9.17) is 19.4 Å². The van der Waals surface area contributed by atoms with Crippen molar-refractivity contribution in [3.63, 3.8) is 0 Å². The van der Waals surface area contributed by atoms with Gasteiger partial charge in [-0.25, -0.2) is 15.0 Å². The lowest BCUT2D eigenvalue weighted by Gasteiger charge is -2.14. The van der Waals surface area contributed by atoms with E-state index in [0.717, 1.165) is 72.0 Å². The molecule has 0 unspecified atom stereocenters. The van der Waals surface area contributed by atoms with E-state index in [1.807, 2.05) is 41.7 Å². The molecule has 12 rings (SSSR count). The predicted molar refractivity (Wildman–Crippen MR) is 250 cm³/mol. The van der Waals surface area contributed by atoms with Crippen LogP contribution in [0.1, 0.15) is 0 Å². The van der Waals surface area contributed by atoms with Crippen molar-refractivity contribution in [1.29, 1.82) is 0 Å². The van der Waals surface area contributed by atoms with Crippen LogP contribution < -0.4 is 0 Å². The van der Waals surface area contributed by atoms with Gasteiger partial charge in [-0.2, -0.15) is 0 Å². The minimum Gasteiger partial charge on any atom is -0.456 e. The highest BCUT2D eigenvalue weighted by Crippen LogP contribution is 2.44. The molecule has 3 heterocycles. The van der Waals surface area contributed by atoms with Crippen LogP contribution >= 0.6 is 11.3 Å². The van der Waals surface area contributed by atoms with Gasteiger partial charge in [0, 0.05) is 53.2 Å². The van der Waals surface area contributed by atoms with E-state index in [2.05, 4.69) is 170 Å². The summed E-state index contributed by atoms with van der Waals surface area (Å²) < 4.78 is 8.88. The number of hydrogen-bond donors (Lipinski definition) is 0. The van der Waals surface area contributed by atoms with Crippen LogP contribution in [0.4, 0.5) is 0 Å². The highest BCUT2D eigenvalue weighted by atomic mass is 32.1. The summed E-state index contributed by atoms with van der Waals surface area (Å²) in [7, 11) is 0. The van der Waals surface area contributed by atoms with E-state index in [-0.39, 0.29) is 0 Å². The molecule has 0 amide bonds. The Kier molecular flexibility index (Phi) is 8.00. The van der Waals surface area contributed by atoms with E-state index < -0.39 is 0 Å². The third-order valence-electron chi connectivity index (χ3n) is 11.5. The molecule has 0 aliphatic carbocycles. The van der Waals surface area contributed by atoms with Gasteiger partial charge >= 0.3 is 0 Å². The van der Waals surface area contributed by atoms with E-state index in [1.165, 1.54) is 30.9 Å². The highest BCUT2D eigenvalue weighted by Gasteiger charge is 2.21. The van der Waals surface area contributed by atoms with Crippen molar-refractivity contribution in [2.24, 2.45) is 0 Å². The molecule has 0 N–H and O–H groups in total. The molecule has 12 aromatic rings. The molecule has 60 heavy (non-hydrogen) atoms. The van der Waals surface area contributed by atoms with E-state index >= 15 is 0 Å². The average molecular weight is 784 g/mol. The first-order chi connectivity index (χ1) is 29.7. The predicted octanol–water partition coefficient (Wildman–Crippen LogP) is 15.3. The second kappa shape index (κ2) is 14.0. The number of aromatic nitrogens is 3. The number of rotatable bonds is 6. The summed E-state index contributed by atoms with van der Waals surface area (Å²) in [6, 6.07) is 70.4. The minimum absolute atomic E-state index is 0.583. The zero-order valence-corrected chi connectivity index (χ0v) is 33.0. The molecule has 280 valence electrons. The lowest BCUT2D eigenvalue weighted by atomic mass is 9.95. The molecule has 0 fully saturated rings. The number of nitrogens with zero attached hydrogens (tertiary/aromatic N) is 3. The maximum absolute atomic E-state index is 6.37. The number of thiophene rings is 1. The van der Waals surface area contributed by atoms with Gasteiger partial charge in [0.2, 0.25) is 0 Å². The molecular formula is C55H33N3OS. The van der Waals surface area contributed by atoms with Gasteiger partial charge in [-0.05, 0) is 81.1 Å². The Hall–Kier alpha value is -7.73. The zero-order valence-electron chi connectivity index (χ0n) is 32.2. The fourth-order valence-electron chi connectivity index (χ4n) is 8.67. The Balaban J connectivity index is 1.12. The van der Waals surface area contributed by atoms with Crippen LogP contribution in [0.25, 0.3) is 120 Å². The SMILES string of the molecule is c1ccc(-c2cc(-c3ccccc3)cc(-c3nc(-c4ccccc4-c4cccc5c4sc4cc6ccccc6cc45)nc(-c4cccc5oc6ccccc6c45)n3)c2)cc1. The van der Waals surface area contributed by atoms with E-state index in [0.29, 0.717) is 17.5 Å². The van der Waals surface area contributed by atoms with Crippen LogP contribution in [0, 0.1) is 0 Å². The largest absolute Gasteiger partial charge is 0.456 e. The molecule has 0 saturated heterocycles. The smallest absolute Gasteiger partial charge is 0.164 e. The molecule has 3 aromatic heterocycles. The van der Waals surface area contributed by atoms with Crippen LogP contribution in [-0.4, -0.2) is 15.0 Å². The number of furan rings is 1. The van der Waals surface area contributed by atoms with Crippen LogP contribution in [0.2, 0.25) is 0 Å². The first-order valence-corrected chi connectivity index (χ1v) is 20.9. The van der Waals surface area contributed by atoms with Gasteiger partial charge in [-0.1, -0.05) is 158 Å². The molecule has 0 aliphatic heterocycles. The summed E-state index contributed by atoms with van der Waals surface area (Å²) in [5, 5.41) is 7.01. The summed E-state index contributed by atoms with van der Waals surface area (Å²) in [4.78, 5) is 16.1. The maximum atomic E-state index is 6.37. The standard InChI is InChI=1S/C55H33N3OS/c1-3-15-34(16-4-1)38-29-39(35-17-5-2-6-18-35)31-40(30-38)53-56-54(58-55(57-53)46-26-14-28-49-51(46)45-23-11-12-27-48(45)59-49)44-22-10-9-21-41(44)42-24-13-25-43-47-32-36-19-7-8-20-37(36)33-50(47)60-52(42)43/h1-33H. The molecule has 0 saturated carbocycles. The normalized spacial score (nSPS) is 11.7. The van der Waals surface area contributed by atoms with Crippen LogP contribution in [-0.2, 0) is 0 Å². The first-order valence-electron chi connectivity index (χ1n) is 20.1. The van der Waals surface area contributed by atoms with Crippen molar-refractivity contribution < 1.29 is 4.42 Å². The van der Waals surface area contributed by atoms with Gasteiger partial charge in [0.1, 0.15) is 11.2 Å². The Morgan fingerprint density at radius 1 is 0.333 bits per heavy atom. The molecule has 0 spiro atoms. The molecule has 0 radical (unpaired) electrons. The number of para-hydroxylation sites is 1. The van der Waals surface area contributed by atoms with Gasteiger partial charge < -0.3 is 4.42 Å². The quantitative estimate of drug-likeness (QED) is 0.169. The fraction of sp³-hybridized carbons (Fsp3) is 0. The summed E-state index contributed by atoms with van der Waals surface area (Å²) >= 11 is 1.84.